The summed E-state index contributed by atoms with van der Waals surface area (Å²) in [6.45, 7) is 0.887. The van der Waals surface area contributed by atoms with Gasteiger partial charge in [0.1, 0.15) is 5.76 Å². The van der Waals surface area contributed by atoms with Crippen LogP contribution in [0.4, 0.5) is 13.2 Å². The molecule has 0 aliphatic heterocycles. The van der Waals surface area contributed by atoms with Gasteiger partial charge in [0.05, 0.1) is 6.54 Å². The van der Waals surface area contributed by atoms with E-state index >= 15 is 0 Å². The molecule has 3 rings (SSSR count). The lowest BCUT2D eigenvalue weighted by Crippen LogP contribution is -2.22. The number of alkyl halides is 3. The van der Waals surface area contributed by atoms with Crippen molar-refractivity contribution < 1.29 is 22.4 Å². The lowest BCUT2D eigenvalue weighted by molar-refractivity contribution is -0.0899. The zero-order valence-corrected chi connectivity index (χ0v) is 12.6. The van der Waals surface area contributed by atoms with Crippen molar-refractivity contribution in [3.63, 3.8) is 0 Å². The lowest BCUT2D eigenvalue weighted by Gasteiger charge is -2.03. The molecule has 0 spiro atoms. The third-order valence-corrected chi connectivity index (χ3v) is 3.69. The maximum Gasteiger partial charge on any atom is 0.458 e. The molecule has 0 bridgehead atoms. The second-order valence-electron chi connectivity index (χ2n) is 5.38. The van der Waals surface area contributed by atoms with Gasteiger partial charge in [-0.25, -0.2) is 0 Å². The molecule has 0 aliphatic rings. The van der Waals surface area contributed by atoms with Gasteiger partial charge in [0.2, 0.25) is 0 Å². The highest BCUT2D eigenvalue weighted by Crippen LogP contribution is 2.23. The first-order valence-electron chi connectivity index (χ1n) is 7.41. The Bertz CT molecular complexity index is 849. The van der Waals surface area contributed by atoms with Crippen LogP contribution >= 0.6 is 0 Å². The van der Waals surface area contributed by atoms with Crippen molar-refractivity contribution in [2.24, 2.45) is 0 Å². The highest BCUT2D eigenvalue weighted by atomic mass is 19.4. The van der Waals surface area contributed by atoms with Gasteiger partial charge in [-0.05, 0) is 36.7 Å². The molecule has 0 saturated heterocycles. The molecule has 0 fully saturated rings. The van der Waals surface area contributed by atoms with Gasteiger partial charge in [0.25, 0.3) is 0 Å². The summed E-state index contributed by atoms with van der Waals surface area (Å²) in [6.07, 6.45) is -2.21. The topological polar surface area (TPSA) is 58.0 Å². The van der Waals surface area contributed by atoms with Gasteiger partial charge in [-0.1, -0.05) is 18.2 Å². The van der Waals surface area contributed by atoms with Crippen LogP contribution in [0.25, 0.3) is 10.9 Å². The average Bonchev–Trinajstić information content (AvgIpc) is 3.17. The van der Waals surface area contributed by atoms with Crippen LogP contribution in [0.1, 0.15) is 21.9 Å². The van der Waals surface area contributed by atoms with Crippen LogP contribution in [-0.2, 0) is 13.0 Å². The fraction of sp³-hybridized carbons (Fsp3) is 0.235. The zero-order valence-electron chi connectivity index (χ0n) is 12.6. The molecular weight excluding hydrogens is 321 g/mol. The number of halogens is 3. The van der Waals surface area contributed by atoms with Gasteiger partial charge >= 0.3 is 12.0 Å². The Hall–Kier alpha value is -2.54. The summed E-state index contributed by atoms with van der Waals surface area (Å²) >= 11 is 0. The first-order chi connectivity index (χ1) is 11.4. The maximum atomic E-state index is 12.3. The molecule has 24 heavy (non-hydrogen) atoms. The van der Waals surface area contributed by atoms with Gasteiger partial charge in [0, 0.05) is 17.1 Å². The predicted octanol–water partition coefficient (Wildman–Crippen LogP) is 3.84. The van der Waals surface area contributed by atoms with Crippen LogP contribution in [0.2, 0.25) is 0 Å². The van der Waals surface area contributed by atoms with Gasteiger partial charge in [0.15, 0.2) is 5.76 Å². The third kappa shape index (κ3) is 3.51. The van der Waals surface area contributed by atoms with E-state index in [9.17, 15) is 18.0 Å². The number of fused-ring (bicyclic) bond motifs is 1. The standard InChI is InChI=1S/C17H15F3N2O2/c18-17(19,20)16(23)15-6-5-12(24-15)10-21-8-7-11-9-22-14-4-2-1-3-13(11)14/h1-6,9,21-22H,7-8,10H2. The molecule has 0 atom stereocenters. The predicted molar refractivity (Wildman–Crippen MR) is 82.8 cm³/mol. The van der Waals surface area contributed by atoms with Crippen molar-refractivity contribution in [1.82, 2.24) is 10.3 Å². The fourth-order valence-electron chi connectivity index (χ4n) is 2.51. The summed E-state index contributed by atoms with van der Waals surface area (Å²) < 4.78 is 41.9. The number of furan rings is 1. The molecule has 3 aromatic rings. The molecule has 7 heteroatoms. The summed E-state index contributed by atoms with van der Waals surface area (Å²) in [4.78, 5) is 14.2. The molecule has 0 unspecified atom stereocenters. The monoisotopic (exact) mass is 336 g/mol. The number of carbonyl (C=O) groups excluding carboxylic acids is 1. The van der Waals surface area contributed by atoms with Crippen LogP contribution in [-0.4, -0.2) is 23.5 Å². The number of rotatable bonds is 6. The number of para-hydroxylation sites is 1. The molecule has 2 N–H and O–H groups in total. The van der Waals surface area contributed by atoms with Crippen molar-refractivity contribution in [2.75, 3.05) is 6.54 Å². The molecule has 4 nitrogen and oxygen atoms in total. The summed E-state index contributed by atoms with van der Waals surface area (Å²) in [5, 5.41) is 4.24. The Balaban J connectivity index is 1.52. The minimum absolute atomic E-state index is 0.257. The van der Waals surface area contributed by atoms with E-state index in [2.05, 4.69) is 10.3 Å². The molecular formula is C17H15F3N2O2. The molecule has 0 radical (unpaired) electrons. The Morgan fingerprint density at radius 3 is 2.75 bits per heavy atom. The van der Waals surface area contributed by atoms with Crippen molar-refractivity contribution in [3.05, 3.63) is 59.7 Å². The van der Waals surface area contributed by atoms with Crippen LogP contribution < -0.4 is 5.32 Å². The number of aromatic nitrogens is 1. The normalized spacial score (nSPS) is 12.0. The molecule has 0 aliphatic carbocycles. The Labute approximate surface area is 135 Å². The Kier molecular flexibility index (Phi) is 4.44. The number of aromatic amines is 1. The number of ketones is 1. The van der Waals surface area contributed by atoms with E-state index in [1.54, 1.807) is 0 Å². The minimum atomic E-state index is -4.92. The maximum absolute atomic E-state index is 12.3. The molecule has 126 valence electrons. The van der Waals surface area contributed by atoms with Gasteiger partial charge in [-0.2, -0.15) is 13.2 Å². The number of Topliss-reactive ketones (excluding diaryl/α,β-unsaturated/α-hetero) is 1. The second kappa shape index (κ2) is 6.52. The fourth-order valence-corrected chi connectivity index (χ4v) is 2.51. The smallest absolute Gasteiger partial charge is 0.456 e. The third-order valence-electron chi connectivity index (χ3n) is 3.69. The largest absolute Gasteiger partial charge is 0.458 e. The van der Waals surface area contributed by atoms with E-state index < -0.39 is 17.7 Å². The molecule has 1 aromatic carbocycles. The van der Waals surface area contributed by atoms with E-state index in [4.69, 9.17) is 4.42 Å². The van der Waals surface area contributed by atoms with E-state index in [0.29, 0.717) is 12.3 Å². The number of H-pyrrole nitrogens is 1. The zero-order chi connectivity index (χ0) is 17.2. The van der Waals surface area contributed by atoms with Crippen molar-refractivity contribution in [3.8, 4) is 0 Å². The summed E-state index contributed by atoms with van der Waals surface area (Å²) in [6, 6.07) is 10.4. The van der Waals surface area contributed by atoms with Gasteiger partial charge in [-0.15, -0.1) is 0 Å². The summed E-state index contributed by atoms with van der Waals surface area (Å²) in [5.74, 6) is -2.36. The average molecular weight is 336 g/mol. The molecule has 2 heterocycles. The van der Waals surface area contributed by atoms with Crippen LogP contribution in [0.5, 0.6) is 0 Å². The number of benzene rings is 1. The quantitative estimate of drug-likeness (QED) is 0.531. The van der Waals surface area contributed by atoms with E-state index in [1.165, 1.54) is 6.07 Å². The highest BCUT2D eigenvalue weighted by Gasteiger charge is 2.41. The van der Waals surface area contributed by atoms with Crippen LogP contribution in [0, 0.1) is 0 Å². The number of hydrogen-bond donors (Lipinski definition) is 2. The minimum Gasteiger partial charge on any atom is -0.456 e. The Morgan fingerprint density at radius 1 is 1.17 bits per heavy atom. The first kappa shape index (κ1) is 16.3. The van der Waals surface area contributed by atoms with Crippen LogP contribution in [0.15, 0.2) is 47.0 Å². The molecule has 0 amide bonds. The molecule has 2 aromatic heterocycles. The van der Waals surface area contributed by atoms with Crippen LogP contribution in [0.3, 0.4) is 0 Å². The van der Waals surface area contributed by atoms with Crippen molar-refractivity contribution in [2.45, 2.75) is 19.1 Å². The Morgan fingerprint density at radius 2 is 1.96 bits per heavy atom. The van der Waals surface area contributed by atoms with E-state index in [1.807, 2.05) is 30.5 Å². The van der Waals surface area contributed by atoms with Crippen molar-refractivity contribution in [1.29, 1.82) is 0 Å². The van der Waals surface area contributed by atoms with E-state index in [-0.39, 0.29) is 6.54 Å². The second-order valence-corrected chi connectivity index (χ2v) is 5.38. The SMILES string of the molecule is O=C(c1ccc(CNCCc2c[nH]c3ccccc23)o1)C(F)(F)F. The number of hydrogen-bond acceptors (Lipinski definition) is 3. The number of carbonyl (C=O) groups is 1. The number of nitrogens with one attached hydrogen (secondary N) is 2. The molecule has 0 saturated carbocycles. The highest BCUT2D eigenvalue weighted by molar-refractivity contribution is 5.97. The van der Waals surface area contributed by atoms with Gasteiger partial charge in [-0.3, -0.25) is 4.79 Å². The first-order valence-corrected chi connectivity index (χ1v) is 7.41. The summed E-state index contributed by atoms with van der Waals surface area (Å²) in [7, 11) is 0. The van der Waals surface area contributed by atoms with Gasteiger partial charge < -0.3 is 14.7 Å². The summed E-state index contributed by atoms with van der Waals surface area (Å²) in [5.41, 5.74) is 2.22. The lowest BCUT2D eigenvalue weighted by atomic mass is 10.1. The van der Waals surface area contributed by atoms with E-state index in [0.717, 1.165) is 29.0 Å². The van der Waals surface area contributed by atoms with Crippen molar-refractivity contribution >= 4 is 16.7 Å².